The van der Waals surface area contributed by atoms with Gasteiger partial charge in [0.25, 0.3) is 0 Å². The standard InChI is InChI=1S/C7H5ClF2.C6H14.C3H6O.2C2H6/c1-4-2-3-5(9)6(8)7(4)10;1-4-6(3)5-2;1-3(2)4;2*1-2/h2-3H,1H3;6H,4-5H2,1-3H3;1-2H3;2*1-2H3. The minimum Gasteiger partial charge on any atom is -0.300 e. The Morgan fingerprint density at radius 3 is 1.58 bits per heavy atom. The maximum absolute atomic E-state index is 12.6. The monoisotopic (exact) mass is 366 g/mol. The summed E-state index contributed by atoms with van der Waals surface area (Å²) in [6, 6.07) is 2.48. The topological polar surface area (TPSA) is 17.1 Å². The molecule has 0 amide bonds. The van der Waals surface area contributed by atoms with Crippen molar-refractivity contribution < 1.29 is 13.6 Å². The van der Waals surface area contributed by atoms with Crippen LogP contribution in [0.25, 0.3) is 0 Å². The first-order chi connectivity index (χ1) is 11.2. The van der Waals surface area contributed by atoms with Crippen LogP contribution in [-0.2, 0) is 4.79 Å². The van der Waals surface area contributed by atoms with E-state index in [9.17, 15) is 13.6 Å². The Balaban J connectivity index is -0.000000123. The Morgan fingerprint density at radius 2 is 1.38 bits per heavy atom. The van der Waals surface area contributed by atoms with E-state index in [-0.39, 0.29) is 5.78 Å². The van der Waals surface area contributed by atoms with Crippen molar-refractivity contribution in [3.63, 3.8) is 0 Å². The summed E-state index contributed by atoms with van der Waals surface area (Å²) < 4.78 is 25.0. The van der Waals surface area contributed by atoms with E-state index in [1.165, 1.54) is 39.7 Å². The van der Waals surface area contributed by atoms with Crippen molar-refractivity contribution in [2.45, 2.75) is 82.1 Å². The number of aryl methyl sites for hydroxylation is 1. The second-order valence-corrected chi connectivity index (χ2v) is 5.20. The second-order valence-electron chi connectivity index (χ2n) is 4.82. The molecule has 0 fully saturated rings. The van der Waals surface area contributed by atoms with Gasteiger partial charge >= 0.3 is 0 Å². The van der Waals surface area contributed by atoms with Crippen LogP contribution < -0.4 is 0 Å². The van der Waals surface area contributed by atoms with Crippen LogP contribution in [0.3, 0.4) is 0 Å². The summed E-state index contributed by atoms with van der Waals surface area (Å²) in [5.41, 5.74) is 0.353. The van der Waals surface area contributed by atoms with Crippen molar-refractivity contribution in [1.82, 2.24) is 0 Å². The Labute approximate surface area is 153 Å². The summed E-state index contributed by atoms with van der Waals surface area (Å²) in [7, 11) is 0. The number of halogens is 3. The minimum atomic E-state index is -0.718. The number of ketones is 1. The molecule has 0 radical (unpaired) electrons. The molecule has 0 saturated heterocycles. The average molecular weight is 367 g/mol. The zero-order valence-corrected chi connectivity index (χ0v) is 17.9. The largest absolute Gasteiger partial charge is 0.300 e. The molecule has 0 heterocycles. The van der Waals surface area contributed by atoms with E-state index < -0.39 is 16.7 Å². The highest BCUT2D eigenvalue weighted by Gasteiger charge is 2.07. The first kappa shape index (κ1) is 30.9. The van der Waals surface area contributed by atoms with Crippen LogP contribution in [0.4, 0.5) is 8.78 Å². The molecule has 0 aliphatic carbocycles. The van der Waals surface area contributed by atoms with Gasteiger partial charge in [-0.2, -0.15) is 0 Å². The first-order valence-corrected chi connectivity index (χ1v) is 9.12. The molecule has 4 heteroatoms. The summed E-state index contributed by atoms with van der Waals surface area (Å²) in [4.78, 5) is 9.44. The molecular weight excluding hydrogens is 330 g/mol. The lowest BCUT2D eigenvalue weighted by Gasteiger charge is -1.98. The van der Waals surface area contributed by atoms with E-state index in [4.69, 9.17) is 11.6 Å². The highest BCUT2D eigenvalue weighted by atomic mass is 35.5. The molecule has 0 aromatic heterocycles. The zero-order valence-electron chi connectivity index (χ0n) is 17.2. The van der Waals surface area contributed by atoms with Crippen molar-refractivity contribution in [2.24, 2.45) is 5.92 Å². The number of hydrogen-bond donors (Lipinski definition) is 0. The second kappa shape index (κ2) is 22.0. The van der Waals surface area contributed by atoms with Gasteiger partial charge in [0.15, 0.2) is 0 Å². The Kier molecular flexibility index (Phi) is 28.4. The van der Waals surface area contributed by atoms with Crippen LogP contribution in [0.2, 0.25) is 5.02 Å². The van der Waals surface area contributed by atoms with Gasteiger partial charge in [0.05, 0.1) is 0 Å². The fourth-order valence-electron chi connectivity index (χ4n) is 0.911. The van der Waals surface area contributed by atoms with Crippen molar-refractivity contribution >= 4 is 17.4 Å². The summed E-state index contributed by atoms with van der Waals surface area (Å²) in [5.74, 6) is -0.295. The van der Waals surface area contributed by atoms with E-state index in [1.807, 2.05) is 27.7 Å². The van der Waals surface area contributed by atoms with Gasteiger partial charge in [-0.1, -0.05) is 79.0 Å². The first-order valence-electron chi connectivity index (χ1n) is 8.74. The molecule has 1 rings (SSSR count). The Morgan fingerprint density at radius 1 is 1.04 bits per heavy atom. The predicted octanol–water partition coefficient (Wildman–Crippen LogP) is 8.02. The lowest BCUT2D eigenvalue weighted by atomic mass is 10.1. The average Bonchev–Trinajstić information content (AvgIpc) is 2.59. The molecule has 1 nitrogen and oxygen atoms in total. The minimum absolute atomic E-state index is 0.167. The predicted molar refractivity (Wildman–Crippen MR) is 105 cm³/mol. The van der Waals surface area contributed by atoms with Crippen LogP contribution in [0.15, 0.2) is 12.1 Å². The molecule has 0 atom stereocenters. The molecule has 144 valence electrons. The Hall–Kier alpha value is -0.960. The van der Waals surface area contributed by atoms with Gasteiger partial charge in [-0.15, -0.1) is 0 Å². The molecule has 0 bridgehead atoms. The van der Waals surface area contributed by atoms with Crippen molar-refractivity contribution in [1.29, 1.82) is 0 Å². The molecule has 1 aromatic carbocycles. The highest BCUT2D eigenvalue weighted by molar-refractivity contribution is 6.30. The molecule has 0 aliphatic heterocycles. The van der Waals surface area contributed by atoms with E-state index >= 15 is 0 Å². The third-order valence-electron chi connectivity index (χ3n) is 2.62. The summed E-state index contributed by atoms with van der Waals surface area (Å²) in [6.45, 7) is 19.3. The molecule has 0 saturated carbocycles. The van der Waals surface area contributed by atoms with E-state index in [0.717, 1.165) is 12.0 Å². The summed E-state index contributed by atoms with van der Waals surface area (Å²) in [5, 5.41) is -0.431. The smallest absolute Gasteiger partial charge is 0.147 e. The van der Waals surface area contributed by atoms with Crippen molar-refractivity contribution in [3.8, 4) is 0 Å². The van der Waals surface area contributed by atoms with Crippen LogP contribution in [-0.4, -0.2) is 5.78 Å². The number of benzene rings is 1. The van der Waals surface area contributed by atoms with Gasteiger partial charge in [-0.25, -0.2) is 8.78 Å². The van der Waals surface area contributed by atoms with E-state index in [0.29, 0.717) is 5.56 Å². The number of carbonyl (C=O) groups is 1. The number of hydrogen-bond acceptors (Lipinski definition) is 1. The molecule has 0 spiro atoms. The van der Waals surface area contributed by atoms with Crippen molar-refractivity contribution in [3.05, 3.63) is 34.4 Å². The maximum atomic E-state index is 12.6. The molecule has 1 aromatic rings. The molecule has 0 N–H and O–H groups in total. The van der Waals surface area contributed by atoms with Crippen LogP contribution in [0, 0.1) is 24.5 Å². The third-order valence-corrected chi connectivity index (χ3v) is 2.97. The summed E-state index contributed by atoms with van der Waals surface area (Å²) in [6.07, 6.45) is 2.66. The maximum Gasteiger partial charge on any atom is 0.147 e. The van der Waals surface area contributed by atoms with Crippen LogP contribution in [0.1, 0.15) is 80.7 Å². The van der Waals surface area contributed by atoms with Gasteiger partial charge in [-0.3, -0.25) is 0 Å². The molecule has 0 unspecified atom stereocenters. The normalized spacial score (nSPS) is 8.25. The Bertz CT molecular complexity index is 372. The van der Waals surface area contributed by atoms with Gasteiger partial charge in [0, 0.05) is 0 Å². The zero-order chi connectivity index (χ0) is 20.3. The van der Waals surface area contributed by atoms with E-state index in [1.54, 1.807) is 0 Å². The quantitative estimate of drug-likeness (QED) is 0.484. The third kappa shape index (κ3) is 21.0. The number of carbonyl (C=O) groups excluding carboxylic acids is 1. The van der Waals surface area contributed by atoms with Crippen LogP contribution in [0.5, 0.6) is 0 Å². The SMILES string of the molecule is CC.CC.CC(C)=O.CCC(C)CC.Cc1ccc(F)c(Cl)c1F. The number of Topliss-reactive ketones (excluding diaryl/α,β-unsaturated/α-hetero) is 1. The highest BCUT2D eigenvalue weighted by Crippen LogP contribution is 2.20. The summed E-state index contributed by atoms with van der Waals surface area (Å²) >= 11 is 5.23. The molecule has 0 aliphatic rings. The van der Waals surface area contributed by atoms with E-state index in [2.05, 4.69) is 20.8 Å². The number of rotatable bonds is 2. The van der Waals surface area contributed by atoms with Gasteiger partial charge in [0.2, 0.25) is 0 Å². The van der Waals surface area contributed by atoms with Crippen LogP contribution >= 0.6 is 11.6 Å². The fourth-order valence-corrected chi connectivity index (χ4v) is 1.12. The van der Waals surface area contributed by atoms with Gasteiger partial charge in [-0.05, 0) is 38.3 Å². The lowest BCUT2D eigenvalue weighted by Crippen LogP contribution is -1.86. The molecular formula is C20H37ClF2O. The van der Waals surface area contributed by atoms with Gasteiger partial charge in [0.1, 0.15) is 22.4 Å². The fraction of sp³-hybridized carbons (Fsp3) is 0.650. The molecule has 24 heavy (non-hydrogen) atoms. The lowest BCUT2D eigenvalue weighted by molar-refractivity contribution is -0.114. The van der Waals surface area contributed by atoms with Gasteiger partial charge < -0.3 is 4.79 Å². The van der Waals surface area contributed by atoms with Crippen molar-refractivity contribution in [2.75, 3.05) is 0 Å².